The average molecular weight is 553 g/mol. The molecule has 37 heavy (non-hydrogen) atoms. The zero-order chi connectivity index (χ0) is 26.9. The average Bonchev–Trinajstić information content (AvgIpc) is 3.54. The third kappa shape index (κ3) is 5.77. The first-order valence-corrected chi connectivity index (χ1v) is 13.0. The van der Waals surface area contributed by atoms with Crippen LogP contribution in [-0.4, -0.2) is 53.1 Å². The molecule has 12 heteroatoms. The van der Waals surface area contributed by atoms with Gasteiger partial charge in [0.25, 0.3) is 0 Å². The zero-order valence-electron chi connectivity index (χ0n) is 20.8. The molecule has 198 valence electrons. The van der Waals surface area contributed by atoms with E-state index in [1.54, 1.807) is 44.2 Å². The van der Waals surface area contributed by atoms with Crippen molar-refractivity contribution >= 4 is 40.8 Å². The van der Waals surface area contributed by atoms with E-state index in [-0.39, 0.29) is 30.2 Å². The summed E-state index contributed by atoms with van der Waals surface area (Å²) in [6.07, 6.45) is 1.67. The minimum absolute atomic E-state index is 0.0889. The Morgan fingerprint density at radius 1 is 1.30 bits per heavy atom. The minimum Gasteiger partial charge on any atom is -0.463 e. The number of rotatable bonds is 5. The van der Waals surface area contributed by atoms with Crippen LogP contribution in [0.2, 0.25) is 5.02 Å². The predicted octanol–water partition coefficient (Wildman–Crippen LogP) is 5.24. The van der Waals surface area contributed by atoms with Gasteiger partial charge in [0.05, 0.1) is 17.2 Å². The lowest BCUT2D eigenvalue weighted by atomic mass is 9.90. The lowest BCUT2D eigenvalue weighted by Gasteiger charge is -2.30. The highest BCUT2D eigenvalue weighted by atomic mass is 35.5. The van der Waals surface area contributed by atoms with Gasteiger partial charge in [-0.3, -0.25) is 4.99 Å². The first-order chi connectivity index (χ1) is 17.5. The summed E-state index contributed by atoms with van der Waals surface area (Å²) in [6, 6.07) is 1.16. The first-order valence-electron chi connectivity index (χ1n) is 11.8. The van der Waals surface area contributed by atoms with E-state index in [0.29, 0.717) is 29.5 Å². The number of nitrogens with zero attached hydrogens (tertiary/aromatic N) is 3. The summed E-state index contributed by atoms with van der Waals surface area (Å²) in [4.78, 5) is 36.5. The molecule has 1 aromatic heterocycles. The van der Waals surface area contributed by atoms with Crippen molar-refractivity contribution in [3.8, 4) is 0 Å². The number of nitrogens with one attached hydrogen (secondary N) is 1. The Labute approximate surface area is 222 Å². The maximum absolute atomic E-state index is 14.5. The van der Waals surface area contributed by atoms with Crippen molar-refractivity contribution < 1.29 is 27.8 Å². The Morgan fingerprint density at radius 2 is 2.05 bits per heavy atom. The molecule has 3 heterocycles. The van der Waals surface area contributed by atoms with Crippen LogP contribution >= 0.6 is 22.9 Å². The fourth-order valence-corrected chi connectivity index (χ4v) is 5.08. The van der Waals surface area contributed by atoms with E-state index in [9.17, 15) is 18.4 Å². The molecular weight excluding hydrogens is 526 g/mol. The Morgan fingerprint density at radius 3 is 2.70 bits per heavy atom. The molecule has 2 atom stereocenters. The number of aromatic nitrogens is 1. The fraction of sp³-hybridized carbons (Fsp3) is 0.440. The van der Waals surface area contributed by atoms with Gasteiger partial charge in [-0.1, -0.05) is 17.7 Å². The number of amidine groups is 1. The van der Waals surface area contributed by atoms with Crippen LogP contribution in [0.15, 0.2) is 40.0 Å². The highest BCUT2D eigenvalue weighted by Crippen LogP contribution is 2.40. The summed E-state index contributed by atoms with van der Waals surface area (Å²) in [7, 11) is 0. The lowest BCUT2D eigenvalue weighted by Crippen LogP contribution is -2.39. The highest BCUT2D eigenvalue weighted by molar-refractivity contribution is 7.11. The number of halogens is 3. The number of likely N-dealkylation sites (tertiary alicyclic amines) is 1. The van der Waals surface area contributed by atoms with E-state index >= 15 is 0 Å². The number of carbonyl (C=O) groups is 2. The van der Waals surface area contributed by atoms with E-state index in [2.05, 4.69) is 15.3 Å². The van der Waals surface area contributed by atoms with Gasteiger partial charge >= 0.3 is 12.1 Å². The summed E-state index contributed by atoms with van der Waals surface area (Å²) in [5.41, 5.74) is 0.0348. The van der Waals surface area contributed by atoms with Crippen molar-refractivity contribution in [3.05, 3.63) is 62.2 Å². The molecule has 1 N–H and O–H groups in total. The number of benzene rings is 1. The molecule has 1 fully saturated rings. The summed E-state index contributed by atoms with van der Waals surface area (Å²) in [6.45, 7) is 7.79. The van der Waals surface area contributed by atoms with Gasteiger partial charge in [-0.05, 0) is 40.2 Å². The smallest absolute Gasteiger partial charge is 0.410 e. The zero-order valence-corrected chi connectivity index (χ0v) is 22.4. The second-order valence-electron chi connectivity index (χ2n) is 9.57. The Hall–Kier alpha value is -3.05. The molecule has 2 unspecified atom stereocenters. The minimum atomic E-state index is -1.23. The molecule has 1 aromatic carbocycles. The topological polar surface area (TPSA) is 93.1 Å². The van der Waals surface area contributed by atoms with Gasteiger partial charge in [-0.2, -0.15) is 0 Å². The molecule has 0 spiro atoms. The van der Waals surface area contributed by atoms with Crippen LogP contribution in [0.1, 0.15) is 50.7 Å². The Balaban J connectivity index is 1.81. The number of hydrogen-bond acceptors (Lipinski definition) is 8. The van der Waals surface area contributed by atoms with Crippen LogP contribution in [0.25, 0.3) is 0 Å². The second-order valence-corrected chi connectivity index (χ2v) is 10.8. The second kappa shape index (κ2) is 10.7. The van der Waals surface area contributed by atoms with E-state index in [4.69, 9.17) is 21.1 Å². The molecule has 2 aliphatic heterocycles. The standard InChI is InChI=1S/C25H27ClF2N4O4S/c1-5-35-23(33)16-19(13-8-10-32(12-13)24(34)36-25(2,3)4)30-21(22-29-9-11-37-22)31-20(16)14-6-7-15(27)18(28)17(14)26/h6-7,9,11,13,20H,5,8,10,12H2,1-4H3,(H,30,31). The first kappa shape index (κ1) is 27.0. The molecule has 0 aliphatic carbocycles. The highest BCUT2D eigenvalue weighted by Gasteiger charge is 2.40. The summed E-state index contributed by atoms with van der Waals surface area (Å²) in [5, 5.41) is 5.05. The van der Waals surface area contributed by atoms with E-state index in [1.807, 2.05) is 0 Å². The van der Waals surface area contributed by atoms with Gasteiger partial charge < -0.3 is 19.7 Å². The van der Waals surface area contributed by atoms with Crippen molar-refractivity contribution in [3.63, 3.8) is 0 Å². The van der Waals surface area contributed by atoms with Crippen molar-refractivity contribution in [2.45, 2.75) is 45.8 Å². The van der Waals surface area contributed by atoms with Gasteiger partial charge in [0.1, 0.15) is 11.6 Å². The Bertz CT molecular complexity index is 1260. The number of amides is 1. The maximum atomic E-state index is 14.5. The molecule has 1 saturated heterocycles. The van der Waals surface area contributed by atoms with Gasteiger partial charge in [0.2, 0.25) is 0 Å². The molecular formula is C25H27ClF2N4O4S. The molecule has 1 amide bonds. The maximum Gasteiger partial charge on any atom is 0.410 e. The monoisotopic (exact) mass is 552 g/mol. The van der Waals surface area contributed by atoms with E-state index in [1.165, 1.54) is 17.4 Å². The van der Waals surface area contributed by atoms with Gasteiger partial charge in [-0.15, -0.1) is 11.3 Å². The SMILES string of the molecule is CCOC(=O)C1=C(C2CCN(C(=O)OC(C)(C)C)C2)NC(c2nccs2)=NC1c1ccc(F)c(F)c1Cl. The van der Waals surface area contributed by atoms with Crippen LogP contribution < -0.4 is 5.32 Å². The molecule has 0 radical (unpaired) electrons. The normalized spacial score (nSPS) is 20.0. The Kier molecular flexibility index (Phi) is 7.84. The summed E-state index contributed by atoms with van der Waals surface area (Å²) < 4.78 is 39.2. The van der Waals surface area contributed by atoms with Crippen molar-refractivity contribution in [2.24, 2.45) is 10.9 Å². The number of hydrogen-bond donors (Lipinski definition) is 1. The number of aliphatic imine (C=N–C) groups is 1. The number of thiazole rings is 1. The predicted molar refractivity (Wildman–Crippen MR) is 135 cm³/mol. The molecule has 8 nitrogen and oxygen atoms in total. The quantitative estimate of drug-likeness (QED) is 0.403. The molecule has 2 aromatic rings. The van der Waals surface area contributed by atoms with E-state index < -0.39 is 40.4 Å². The number of esters is 1. The van der Waals surface area contributed by atoms with Crippen LogP contribution in [0.5, 0.6) is 0 Å². The van der Waals surface area contributed by atoms with Crippen LogP contribution in [0, 0.1) is 17.6 Å². The van der Waals surface area contributed by atoms with Crippen molar-refractivity contribution in [1.29, 1.82) is 0 Å². The molecule has 0 saturated carbocycles. The van der Waals surface area contributed by atoms with Gasteiger partial charge in [-0.25, -0.2) is 23.4 Å². The lowest BCUT2D eigenvalue weighted by molar-refractivity contribution is -0.139. The third-order valence-corrected chi connectivity index (χ3v) is 6.98. The number of ether oxygens (including phenoxy) is 2. The molecule has 2 aliphatic rings. The summed E-state index contributed by atoms with van der Waals surface area (Å²) >= 11 is 7.54. The summed E-state index contributed by atoms with van der Waals surface area (Å²) in [5.74, 6) is -2.99. The third-order valence-electron chi connectivity index (χ3n) is 5.81. The van der Waals surface area contributed by atoms with Crippen LogP contribution in [0.3, 0.4) is 0 Å². The van der Waals surface area contributed by atoms with Crippen LogP contribution in [-0.2, 0) is 14.3 Å². The fourth-order valence-electron chi connectivity index (χ4n) is 4.23. The van der Waals surface area contributed by atoms with Crippen molar-refractivity contribution in [2.75, 3.05) is 19.7 Å². The van der Waals surface area contributed by atoms with Gasteiger partial charge in [0, 0.05) is 41.8 Å². The van der Waals surface area contributed by atoms with Crippen molar-refractivity contribution in [1.82, 2.24) is 15.2 Å². The van der Waals surface area contributed by atoms with Crippen LogP contribution in [0.4, 0.5) is 13.6 Å². The largest absolute Gasteiger partial charge is 0.463 e. The number of carbonyl (C=O) groups excluding carboxylic acids is 2. The van der Waals surface area contributed by atoms with E-state index in [0.717, 1.165) is 6.07 Å². The molecule has 4 rings (SSSR count). The van der Waals surface area contributed by atoms with Gasteiger partial charge in [0.15, 0.2) is 22.5 Å². The molecule has 0 bridgehead atoms.